The molecule has 2 aliphatic rings. The largest absolute Gasteiger partial charge is 0.454 e. The maximum Gasteiger partial charge on any atom is 0.271 e. The number of amidine groups is 1. The van der Waals surface area contributed by atoms with Gasteiger partial charge in [-0.05, 0) is 47.7 Å². The second kappa shape index (κ2) is 5.99. The van der Waals surface area contributed by atoms with Gasteiger partial charge >= 0.3 is 0 Å². The summed E-state index contributed by atoms with van der Waals surface area (Å²) in [5, 5.41) is 8.32. The molecule has 1 N–H and O–H groups in total. The topological polar surface area (TPSA) is 62.6 Å². The van der Waals surface area contributed by atoms with Crippen LogP contribution in [0.3, 0.4) is 0 Å². The van der Waals surface area contributed by atoms with Crippen LogP contribution in [0, 0.1) is 5.41 Å². The van der Waals surface area contributed by atoms with E-state index >= 15 is 0 Å². The van der Waals surface area contributed by atoms with Crippen LogP contribution in [0.4, 0.5) is 5.69 Å². The molecule has 0 aliphatic carbocycles. The lowest BCUT2D eigenvalue weighted by Gasteiger charge is -2.14. The number of carbonyl (C=O) groups is 1. The second-order valence-corrected chi connectivity index (χ2v) is 7.09. The Bertz CT molecular complexity index is 880. The minimum absolute atomic E-state index is 0.169. The van der Waals surface area contributed by atoms with Crippen molar-refractivity contribution in [2.45, 2.75) is 0 Å². The third-order valence-electron chi connectivity index (χ3n) is 3.61. The lowest BCUT2D eigenvalue weighted by Crippen LogP contribution is -2.28. The first-order valence-electron chi connectivity index (χ1n) is 7.09. The molecule has 1 fully saturated rings. The molecule has 0 atom stereocenters. The van der Waals surface area contributed by atoms with Crippen molar-refractivity contribution < 1.29 is 14.3 Å². The number of nitrogens with zero attached hydrogens (tertiary/aromatic N) is 1. The van der Waals surface area contributed by atoms with E-state index in [9.17, 15) is 4.79 Å². The molecular formula is C17H11BrN2O3S. The van der Waals surface area contributed by atoms with Crippen molar-refractivity contribution in [1.82, 2.24) is 0 Å². The summed E-state index contributed by atoms with van der Waals surface area (Å²) in [4.78, 5) is 14.6. The summed E-state index contributed by atoms with van der Waals surface area (Å²) < 4.78 is 11.6. The van der Waals surface area contributed by atoms with Gasteiger partial charge in [0.05, 0.1) is 10.6 Å². The molecule has 120 valence electrons. The van der Waals surface area contributed by atoms with Crippen molar-refractivity contribution in [3.63, 3.8) is 0 Å². The van der Waals surface area contributed by atoms with Crippen molar-refractivity contribution >= 4 is 50.5 Å². The molecule has 24 heavy (non-hydrogen) atoms. The van der Waals surface area contributed by atoms with Gasteiger partial charge in [-0.2, -0.15) is 0 Å². The van der Waals surface area contributed by atoms with E-state index in [4.69, 9.17) is 14.9 Å². The summed E-state index contributed by atoms with van der Waals surface area (Å²) in [6.45, 7) is 0.174. The Morgan fingerprint density at radius 2 is 1.88 bits per heavy atom. The van der Waals surface area contributed by atoms with E-state index in [0.29, 0.717) is 22.1 Å². The molecule has 0 unspecified atom stereocenters. The van der Waals surface area contributed by atoms with Crippen LogP contribution in [0.25, 0.3) is 6.08 Å². The first kappa shape index (κ1) is 15.3. The number of anilines is 1. The monoisotopic (exact) mass is 402 g/mol. The molecule has 0 bridgehead atoms. The standard InChI is InChI=1S/C17H11BrN2O3S/c18-11-3-1-10(2-4-11)7-15-16(21)20(17(19)24-15)12-5-6-13-14(8-12)23-9-22-13/h1-8,19H,9H2. The van der Waals surface area contributed by atoms with Gasteiger partial charge in [0, 0.05) is 10.5 Å². The number of benzene rings is 2. The molecule has 0 spiro atoms. The zero-order valence-electron chi connectivity index (χ0n) is 12.3. The predicted octanol–water partition coefficient (Wildman–Crippen LogP) is 4.23. The zero-order chi connectivity index (χ0) is 16.7. The maximum absolute atomic E-state index is 12.7. The van der Waals surface area contributed by atoms with Crippen molar-refractivity contribution in [2.75, 3.05) is 11.7 Å². The van der Waals surface area contributed by atoms with Gasteiger partial charge in [-0.15, -0.1) is 0 Å². The Morgan fingerprint density at radius 3 is 2.67 bits per heavy atom. The highest BCUT2D eigenvalue weighted by Gasteiger charge is 2.34. The van der Waals surface area contributed by atoms with Crippen LogP contribution in [0.15, 0.2) is 51.8 Å². The number of carbonyl (C=O) groups excluding carboxylic acids is 1. The molecule has 5 nitrogen and oxygen atoms in total. The van der Waals surface area contributed by atoms with Crippen LogP contribution >= 0.6 is 27.7 Å². The normalized spacial score (nSPS) is 17.9. The summed E-state index contributed by atoms with van der Waals surface area (Å²) in [6.07, 6.45) is 1.79. The van der Waals surface area contributed by atoms with E-state index < -0.39 is 0 Å². The molecule has 7 heteroatoms. The highest BCUT2D eigenvalue weighted by Crippen LogP contribution is 2.40. The molecule has 0 saturated carbocycles. The van der Waals surface area contributed by atoms with Crippen LogP contribution in [0.1, 0.15) is 5.56 Å². The fraction of sp³-hybridized carbons (Fsp3) is 0.0588. The molecule has 4 rings (SSSR count). The summed E-state index contributed by atoms with van der Waals surface area (Å²) >= 11 is 4.53. The van der Waals surface area contributed by atoms with Crippen molar-refractivity contribution in [3.05, 3.63) is 57.4 Å². The molecule has 1 amide bonds. The Balaban J connectivity index is 1.65. The zero-order valence-corrected chi connectivity index (χ0v) is 14.7. The van der Waals surface area contributed by atoms with E-state index in [-0.39, 0.29) is 17.9 Å². The fourth-order valence-corrected chi connectivity index (χ4v) is 3.58. The first-order chi connectivity index (χ1) is 11.6. The van der Waals surface area contributed by atoms with Crippen LogP contribution in [0.5, 0.6) is 11.5 Å². The second-order valence-electron chi connectivity index (χ2n) is 5.15. The summed E-state index contributed by atoms with van der Waals surface area (Å²) in [5.41, 5.74) is 1.51. The van der Waals surface area contributed by atoms with Gasteiger partial charge in [-0.25, -0.2) is 0 Å². The predicted molar refractivity (Wildman–Crippen MR) is 97.5 cm³/mol. The summed E-state index contributed by atoms with van der Waals surface area (Å²) in [5.74, 6) is 1.02. The molecule has 2 aromatic carbocycles. The van der Waals surface area contributed by atoms with E-state index in [0.717, 1.165) is 21.8 Å². The molecule has 0 radical (unpaired) electrons. The highest BCUT2D eigenvalue weighted by molar-refractivity contribution is 9.10. The minimum atomic E-state index is -0.216. The number of halogens is 1. The summed E-state index contributed by atoms with van der Waals surface area (Å²) in [7, 11) is 0. The number of ether oxygens (including phenoxy) is 2. The molecule has 0 aromatic heterocycles. The minimum Gasteiger partial charge on any atom is -0.454 e. The number of nitrogens with one attached hydrogen (secondary N) is 1. The van der Waals surface area contributed by atoms with Gasteiger partial charge in [0.1, 0.15) is 0 Å². The van der Waals surface area contributed by atoms with E-state index in [1.165, 1.54) is 4.90 Å². The van der Waals surface area contributed by atoms with Gasteiger partial charge in [0.25, 0.3) is 5.91 Å². The van der Waals surface area contributed by atoms with Gasteiger partial charge in [0.2, 0.25) is 6.79 Å². The molecular weight excluding hydrogens is 392 g/mol. The SMILES string of the molecule is N=C1SC(=Cc2ccc(Br)cc2)C(=O)N1c1ccc2c(c1)OCO2. The lowest BCUT2D eigenvalue weighted by molar-refractivity contribution is -0.113. The third-order valence-corrected chi connectivity index (χ3v) is 5.02. The van der Waals surface area contributed by atoms with E-state index in [1.54, 1.807) is 24.3 Å². The molecule has 2 aromatic rings. The lowest BCUT2D eigenvalue weighted by atomic mass is 10.2. The number of rotatable bonds is 2. The number of hydrogen-bond donors (Lipinski definition) is 1. The average Bonchev–Trinajstić information content (AvgIpc) is 3.14. The van der Waals surface area contributed by atoms with Crippen molar-refractivity contribution in [2.24, 2.45) is 0 Å². The number of hydrogen-bond acceptors (Lipinski definition) is 5. The Kier molecular flexibility index (Phi) is 3.82. The summed E-state index contributed by atoms with van der Waals surface area (Å²) in [6, 6.07) is 12.9. The fourth-order valence-electron chi connectivity index (χ4n) is 2.46. The van der Waals surface area contributed by atoms with E-state index in [2.05, 4.69) is 15.9 Å². The van der Waals surface area contributed by atoms with Gasteiger partial charge in [-0.3, -0.25) is 15.1 Å². The van der Waals surface area contributed by atoms with Crippen LogP contribution < -0.4 is 14.4 Å². The smallest absolute Gasteiger partial charge is 0.271 e. The molecule has 2 heterocycles. The highest BCUT2D eigenvalue weighted by atomic mass is 79.9. The number of fused-ring (bicyclic) bond motifs is 1. The quantitative estimate of drug-likeness (QED) is 0.763. The van der Waals surface area contributed by atoms with Crippen molar-refractivity contribution in [3.8, 4) is 11.5 Å². The maximum atomic E-state index is 12.7. The van der Waals surface area contributed by atoms with Gasteiger partial charge in [0.15, 0.2) is 16.7 Å². The molecule has 1 saturated heterocycles. The average molecular weight is 403 g/mol. The Hall–Kier alpha value is -2.25. The number of thioether (sulfide) groups is 1. The Labute approximate surface area is 150 Å². The van der Waals surface area contributed by atoms with Crippen LogP contribution in [0.2, 0.25) is 0 Å². The third kappa shape index (κ3) is 2.70. The Morgan fingerprint density at radius 1 is 1.12 bits per heavy atom. The van der Waals surface area contributed by atoms with Gasteiger partial charge in [-0.1, -0.05) is 28.1 Å². The van der Waals surface area contributed by atoms with Crippen LogP contribution in [-0.2, 0) is 4.79 Å². The number of amides is 1. The van der Waals surface area contributed by atoms with E-state index in [1.807, 2.05) is 24.3 Å². The molecule has 2 aliphatic heterocycles. The van der Waals surface area contributed by atoms with Crippen molar-refractivity contribution in [1.29, 1.82) is 5.41 Å². The first-order valence-corrected chi connectivity index (χ1v) is 8.70. The van der Waals surface area contributed by atoms with Crippen LogP contribution in [-0.4, -0.2) is 17.9 Å². The van der Waals surface area contributed by atoms with Gasteiger partial charge < -0.3 is 9.47 Å².